The number of alkyl halides is 2. The van der Waals surface area contributed by atoms with Crippen molar-refractivity contribution in [2.45, 2.75) is 58.3 Å². The third-order valence-electron chi connectivity index (χ3n) is 7.96. The van der Waals surface area contributed by atoms with Crippen LogP contribution in [0.25, 0.3) is 5.57 Å². The molecule has 4 rings (SSSR count). The van der Waals surface area contributed by atoms with Gasteiger partial charge in [0.2, 0.25) is 0 Å². The molecule has 4 unspecified atom stereocenters. The van der Waals surface area contributed by atoms with Crippen molar-refractivity contribution in [1.29, 1.82) is 0 Å². The zero-order chi connectivity index (χ0) is 23.2. The van der Waals surface area contributed by atoms with Crippen LogP contribution in [-0.4, -0.2) is 10.4 Å². The molecule has 2 aromatic carbocycles. The first-order valence-electron chi connectivity index (χ1n) is 11.6. The maximum atomic E-state index is 6.70. The van der Waals surface area contributed by atoms with E-state index in [1.165, 1.54) is 33.4 Å². The van der Waals surface area contributed by atoms with Crippen molar-refractivity contribution >= 4 is 34.7 Å². The Morgan fingerprint density at radius 1 is 0.969 bits per heavy atom. The van der Waals surface area contributed by atoms with Gasteiger partial charge in [0.25, 0.3) is 0 Å². The first-order chi connectivity index (χ1) is 15.2. The molecule has 2 aliphatic rings. The van der Waals surface area contributed by atoms with Gasteiger partial charge in [0, 0.05) is 0 Å². The summed E-state index contributed by atoms with van der Waals surface area (Å²) in [6, 6.07) is 20.0. The summed E-state index contributed by atoms with van der Waals surface area (Å²) in [6.07, 6.45) is 5.23. The summed E-state index contributed by atoms with van der Waals surface area (Å²) in [7, 11) is 0. The van der Waals surface area contributed by atoms with Gasteiger partial charge < -0.3 is 0 Å². The van der Waals surface area contributed by atoms with E-state index in [-0.39, 0.29) is 7.58 Å². The summed E-state index contributed by atoms with van der Waals surface area (Å²) in [5.41, 5.74) is 10.3. The second-order valence-corrected chi connectivity index (χ2v) is 30.6. The molecule has 2 aliphatic carbocycles. The van der Waals surface area contributed by atoms with E-state index in [9.17, 15) is 0 Å². The summed E-state index contributed by atoms with van der Waals surface area (Å²) in [4.78, 5) is 0. The second-order valence-electron chi connectivity index (χ2n) is 9.68. The fraction of sp³-hybridized carbons (Fsp3) is 0.357. The van der Waals surface area contributed by atoms with E-state index < -0.39 is 26.8 Å². The van der Waals surface area contributed by atoms with Crippen LogP contribution >= 0.6 is 23.2 Å². The molecule has 0 saturated carbocycles. The van der Waals surface area contributed by atoms with Gasteiger partial charge in [0.1, 0.15) is 0 Å². The number of hydrogen-bond donors (Lipinski definition) is 0. The predicted molar refractivity (Wildman–Crippen MR) is 141 cm³/mol. The second kappa shape index (κ2) is 9.53. The van der Waals surface area contributed by atoms with Crippen molar-refractivity contribution < 1.29 is 20.9 Å². The standard InChI is InChI=1S/C17H15.C9H13.C2H5Cl2Si.Zr/c1-13(14-7-3-2-4-8-14)16-12-11-15-9-5-6-10-17(15)16;1-6-5-7(2)9(4)8(6)3;1-5-2(3)4;/h2-13H,1H3;5H,1-4H3;2,5H,1H3;/q;;;+1. The minimum atomic E-state index is -2.27. The molecule has 0 saturated heterocycles. The van der Waals surface area contributed by atoms with Crippen LogP contribution in [0.5, 0.6) is 0 Å². The number of rotatable bonds is 6. The maximum absolute atomic E-state index is 6.70. The molecule has 0 amide bonds. The van der Waals surface area contributed by atoms with Gasteiger partial charge in [-0.05, 0) is 0 Å². The minimum absolute atomic E-state index is 0.170. The first-order valence-corrected chi connectivity index (χ1v) is 21.7. The van der Waals surface area contributed by atoms with E-state index >= 15 is 0 Å². The fourth-order valence-corrected chi connectivity index (χ4v) is 35.3. The van der Waals surface area contributed by atoms with E-state index in [0.717, 1.165) is 0 Å². The van der Waals surface area contributed by atoms with Crippen LogP contribution < -0.4 is 0 Å². The first kappa shape index (κ1) is 24.5. The van der Waals surface area contributed by atoms with Crippen molar-refractivity contribution in [1.82, 2.24) is 0 Å². The average Bonchev–Trinajstić information content (AvgIpc) is 3.25. The molecular weight excluding hydrogens is 527 g/mol. The van der Waals surface area contributed by atoms with E-state index in [0.29, 0.717) is 9.54 Å². The number of benzene rings is 2. The van der Waals surface area contributed by atoms with Gasteiger partial charge in [-0.3, -0.25) is 0 Å². The van der Waals surface area contributed by atoms with Crippen LogP contribution in [0.2, 0.25) is 9.67 Å². The topological polar surface area (TPSA) is 0 Å². The number of fused-ring (bicyclic) bond motifs is 1. The number of halogens is 2. The monoisotopic (exact) mass is 557 g/mol. The molecule has 0 nitrogen and oxygen atoms in total. The van der Waals surface area contributed by atoms with E-state index in [1.54, 1.807) is 5.57 Å². The van der Waals surface area contributed by atoms with Crippen molar-refractivity contribution in [2.24, 2.45) is 0 Å². The molecule has 32 heavy (non-hydrogen) atoms. The van der Waals surface area contributed by atoms with E-state index in [2.05, 4.69) is 108 Å². The quantitative estimate of drug-likeness (QED) is 0.245. The molecular formula is C28H33Cl2SiZr+. The Labute approximate surface area is 212 Å². The third-order valence-corrected chi connectivity index (χ3v) is 37.5. The molecule has 0 radical (unpaired) electrons. The molecule has 0 aromatic heterocycles. The molecule has 0 heterocycles. The summed E-state index contributed by atoms with van der Waals surface area (Å²) in [5.74, 6) is -0.970. The molecule has 0 aliphatic heterocycles. The van der Waals surface area contributed by atoms with E-state index in [4.69, 9.17) is 23.2 Å². The third kappa shape index (κ3) is 4.15. The van der Waals surface area contributed by atoms with Gasteiger partial charge in [-0.25, -0.2) is 0 Å². The van der Waals surface area contributed by atoms with Crippen LogP contribution in [0.1, 0.15) is 60.9 Å². The Kier molecular flexibility index (Phi) is 7.29. The number of allylic oxidation sites excluding steroid dienone is 6. The molecule has 0 N–H and O–H groups in total. The summed E-state index contributed by atoms with van der Waals surface area (Å²) in [5, 5.41) is 0. The molecule has 166 valence electrons. The number of hydrogen-bond acceptors (Lipinski definition) is 0. The van der Waals surface area contributed by atoms with E-state index in [1.807, 2.05) is 0 Å². The SMILES string of the molecule is CC1=C[C](C)([Zr+]([CH]2C=C(C(C)c3ccccc3)c3ccccc32)[SiH](C)C(Cl)Cl)C(C)=C1C. The molecule has 0 spiro atoms. The molecule has 2 aromatic rings. The molecule has 0 fully saturated rings. The molecule has 4 atom stereocenters. The van der Waals surface area contributed by atoms with Gasteiger partial charge in [-0.2, -0.15) is 0 Å². The van der Waals surface area contributed by atoms with Crippen LogP contribution in [-0.2, 0) is 20.9 Å². The molecule has 4 heteroatoms. The Bertz CT molecular complexity index is 1100. The Morgan fingerprint density at radius 2 is 1.59 bits per heavy atom. The summed E-state index contributed by atoms with van der Waals surface area (Å²) in [6.45, 7) is 14.2. The van der Waals surface area contributed by atoms with Crippen molar-refractivity contribution in [2.75, 3.05) is 0 Å². The summed E-state index contributed by atoms with van der Waals surface area (Å²) < 4.78 is 0.496. The van der Waals surface area contributed by atoms with Crippen molar-refractivity contribution in [3.63, 3.8) is 0 Å². The van der Waals surface area contributed by atoms with Crippen LogP contribution in [0.3, 0.4) is 0 Å². The zero-order valence-corrected chi connectivity index (χ0v) is 25.0. The zero-order valence-electron chi connectivity index (χ0n) is 19.9. The van der Waals surface area contributed by atoms with Crippen LogP contribution in [0.15, 0.2) is 83.5 Å². The fourth-order valence-electron chi connectivity index (χ4n) is 5.80. The van der Waals surface area contributed by atoms with Gasteiger partial charge in [0.15, 0.2) is 0 Å². The van der Waals surface area contributed by atoms with Gasteiger partial charge >= 0.3 is 214 Å². The van der Waals surface area contributed by atoms with Crippen LogP contribution in [0, 0.1) is 0 Å². The normalized spacial score (nSPS) is 24.3. The Balaban J connectivity index is 1.87. The van der Waals surface area contributed by atoms with Crippen molar-refractivity contribution in [3.05, 3.63) is 100 Å². The molecule has 0 bridgehead atoms. The van der Waals surface area contributed by atoms with Gasteiger partial charge in [0.05, 0.1) is 0 Å². The summed E-state index contributed by atoms with van der Waals surface area (Å²) >= 11 is 11.1. The van der Waals surface area contributed by atoms with Gasteiger partial charge in [-0.1, -0.05) is 0 Å². The van der Waals surface area contributed by atoms with Crippen molar-refractivity contribution in [3.8, 4) is 0 Å². The van der Waals surface area contributed by atoms with Crippen LogP contribution in [0.4, 0.5) is 0 Å². The predicted octanol–water partition coefficient (Wildman–Crippen LogP) is 8.72. The van der Waals surface area contributed by atoms with Gasteiger partial charge in [-0.15, -0.1) is 0 Å². The Morgan fingerprint density at radius 3 is 2.19 bits per heavy atom. The average molecular weight is 560 g/mol. The Hall–Kier alpha value is -0.660.